The van der Waals surface area contributed by atoms with Crippen molar-refractivity contribution in [2.45, 2.75) is 18.8 Å². The van der Waals surface area contributed by atoms with Crippen LogP contribution in [0.2, 0.25) is 0 Å². The van der Waals surface area contributed by atoms with Crippen LogP contribution in [-0.2, 0) is 6.42 Å². The first-order valence-corrected chi connectivity index (χ1v) is 9.74. The van der Waals surface area contributed by atoms with Crippen molar-refractivity contribution in [3.05, 3.63) is 65.2 Å². The summed E-state index contributed by atoms with van der Waals surface area (Å²) >= 11 is 0. The number of hydrogen-bond acceptors (Lipinski definition) is 7. The number of halogens is 1. The standard InChI is InChI=1S/C23H22FN3O4/c1-29-20-10-14(11-21(30-2)22(20)31-3)13-8-18-17(19(28)9-13)12-25-23(27-18)26-16-6-4-15(24)5-7-16/h4-7,10-13H,8-9H2,1-3H3,(H,25,26,27). The summed E-state index contributed by atoms with van der Waals surface area (Å²) in [5, 5.41) is 3.05. The van der Waals surface area contributed by atoms with Crippen LogP contribution in [0.4, 0.5) is 16.0 Å². The first-order chi connectivity index (χ1) is 15.0. The van der Waals surface area contributed by atoms with E-state index in [9.17, 15) is 9.18 Å². The Hall–Kier alpha value is -3.68. The van der Waals surface area contributed by atoms with Crippen molar-refractivity contribution in [3.8, 4) is 17.2 Å². The van der Waals surface area contributed by atoms with E-state index in [1.54, 1.807) is 39.7 Å². The van der Waals surface area contributed by atoms with Crippen LogP contribution >= 0.6 is 0 Å². The summed E-state index contributed by atoms with van der Waals surface area (Å²) in [7, 11) is 4.67. The van der Waals surface area contributed by atoms with E-state index in [1.807, 2.05) is 12.1 Å². The third-order valence-electron chi connectivity index (χ3n) is 5.30. The molecule has 0 radical (unpaired) electrons. The van der Waals surface area contributed by atoms with Gasteiger partial charge in [-0.25, -0.2) is 14.4 Å². The van der Waals surface area contributed by atoms with Crippen LogP contribution in [0.15, 0.2) is 42.6 Å². The molecule has 1 atom stereocenters. The summed E-state index contributed by atoms with van der Waals surface area (Å²) in [6.45, 7) is 0. The molecule has 2 aromatic carbocycles. The van der Waals surface area contributed by atoms with Crippen molar-refractivity contribution in [2.24, 2.45) is 0 Å². The molecular formula is C23H22FN3O4. The maximum Gasteiger partial charge on any atom is 0.227 e. The lowest BCUT2D eigenvalue weighted by Gasteiger charge is -2.24. The topological polar surface area (TPSA) is 82.6 Å². The van der Waals surface area contributed by atoms with Gasteiger partial charge in [-0.15, -0.1) is 0 Å². The van der Waals surface area contributed by atoms with Crippen LogP contribution in [0.25, 0.3) is 0 Å². The molecule has 1 aliphatic carbocycles. The van der Waals surface area contributed by atoms with Gasteiger partial charge in [0.1, 0.15) is 5.82 Å². The summed E-state index contributed by atoms with van der Waals surface area (Å²) in [4.78, 5) is 21.6. The van der Waals surface area contributed by atoms with E-state index in [0.717, 1.165) is 5.56 Å². The van der Waals surface area contributed by atoms with Crippen LogP contribution in [0.3, 0.4) is 0 Å². The Kier molecular flexibility index (Phi) is 5.70. The van der Waals surface area contributed by atoms with Gasteiger partial charge in [-0.05, 0) is 54.3 Å². The number of hydrogen-bond donors (Lipinski definition) is 1. The molecule has 0 aliphatic heterocycles. The highest BCUT2D eigenvalue weighted by molar-refractivity contribution is 5.98. The summed E-state index contributed by atoms with van der Waals surface area (Å²) < 4.78 is 29.4. The maximum atomic E-state index is 13.1. The monoisotopic (exact) mass is 423 g/mol. The second kappa shape index (κ2) is 8.59. The fourth-order valence-electron chi connectivity index (χ4n) is 3.74. The van der Waals surface area contributed by atoms with Crippen LogP contribution in [0.1, 0.15) is 34.0 Å². The average molecular weight is 423 g/mol. The normalized spacial score (nSPS) is 15.2. The van der Waals surface area contributed by atoms with Gasteiger partial charge in [-0.2, -0.15) is 0 Å². The molecule has 3 aromatic rings. The van der Waals surface area contributed by atoms with E-state index in [0.29, 0.717) is 53.0 Å². The summed E-state index contributed by atoms with van der Waals surface area (Å²) in [5.74, 6) is 1.49. The molecule has 0 saturated heterocycles. The van der Waals surface area contributed by atoms with Gasteiger partial charge in [-0.3, -0.25) is 4.79 Å². The Balaban J connectivity index is 1.64. The Labute approximate surface area is 179 Å². The summed E-state index contributed by atoms with van der Waals surface area (Å²) in [6, 6.07) is 9.63. The number of Topliss-reactive ketones (excluding diaryl/α,β-unsaturated/α-hetero) is 1. The minimum Gasteiger partial charge on any atom is -0.493 e. The van der Waals surface area contributed by atoms with Gasteiger partial charge in [-0.1, -0.05) is 0 Å². The number of nitrogens with one attached hydrogen (secondary N) is 1. The van der Waals surface area contributed by atoms with E-state index >= 15 is 0 Å². The van der Waals surface area contributed by atoms with Crippen molar-refractivity contribution in [1.29, 1.82) is 0 Å². The molecule has 0 saturated carbocycles. The molecule has 1 heterocycles. The number of ketones is 1. The largest absolute Gasteiger partial charge is 0.493 e. The molecule has 7 nitrogen and oxygen atoms in total. The van der Waals surface area contributed by atoms with Crippen molar-refractivity contribution >= 4 is 17.4 Å². The molecule has 8 heteroatoms. The molecule has 31 heavy (non-hydrogen) atoms. The Bertz CT molecular complexity index is 1090. The maximum absolute atomic E-state index is 13.1. The van der Waals surface area contributed by atoms with E-state index < -0.39 is 0 Å². The van der Waals surface area contributed by atoms with E-state index in [1.165, 1.54) is 12.1 Å². The summed E-state index contributed by atoms with van der Waals surface area (Å²) in [5.41, 5.74) is 2.74. The quantitative estimate of drug-likeness (QED) is 0.633. The zero-order valence-electron chi connectivity index (χ0n) is 17.4. The summed E-state index contributed by atoms with van der Waals surface area (Å²) in [6.07, 6.45) is 2.43. The predicted molar refractivity (Wildman–Crippen MR) is 113 cm³/mol. The Morgan fingerprint density at radius 1 is 1.00 bits per heavy atom. The molecule has 1 aromatic heterocycles. The number of rotatable bonds is 6. The van der Waals surface area contributed by atoms with Gasteiger partial charge in [0.2, 0.25) is 11.7 Å². The highest BCUT2D eigenvalue weighted by atomic mass is 19.1. The number of benzene rings is 2. The first kappa shape index (κ1) is 20.6. The third-order valence-corrected chi connectivity index (χ3v) is 5.30. The second-order valence-corrected chi connectivity index (χ2v) is 7.17. The van der Waals surface area contributed by atoms with Crippen LogP contribution in [0, 0.1) is 5.82 Å². The fraction of sp³-hybridized carbons (Fsp3) is 0.261. The fourth-order valence-corrected chi connectivity index (χ4v) is 3.74. The number of carbonyl (C=O) groups excluding carboxylic acids is 1. The molecule has 1 aliphatic rings. The molecule has 4 rings (SSSR count). The zero-order chi connectivity index (χ0) is 22.0. The van der Waals surface area contributed by atoms with Gasteiger partial charge < -0.3 is 19.5 Å². The third kappa shape index (κ3) is 4.14. The number of anilines is 2. The minimum absolute atomic E-state index is 0.0201. The van der Waals surface area contributed by atoms with Crippen molar-refractivity contribution in [3.63, 3.8) is 0 Å². The van der Waals surface area contributed by atoms with E-state index in [-0.39, 0.29) is 17.5 Å². The number of fused-ring (bicyclic) bond motifs is 1. The number of nitrogens with zero attached hydrogens (tertiary/aromatic N) is 2. The van der Waals surface area contributed by atoms with Gasteiger partial charge in [0, 0.05) is 18.3 Å². The van der Waals surface area contributed by atoms with Crippen molar-refractivity contribution in [1.82, 2.24) is 9.97 Å². The zero-order valence-corrected chi connectivity index (χ0v) is 17.4. The van der Waals surface area contributed by atoms with Crippen molar-refractivity contribution in [2.75, 3.05) is 26.6 Å². The van der Waals surface area contributed by atoms with Crippen LogP contribution in [-0.4, -0.2) is 37.1 Å². The van der Waals surface area contributed by atoms with Crippen molar-refractivity contribution < 1.29 is 23.4 Å². The van der Waals surface area contributed by atoms with Crippen LogP contribution in [0.5, 0.6) is 17.2 Å². The lowest BCUT2D eigenvalue weighted by molar-refractivity contribution is 0.0962. The molecule has 160 valence electrons. The van der Waals surface area contributed by atoms with Gasteiger partial charge in [0.25, 0.3) is 0 Å². The molecule has 0 fully saturated rings. The van der Waals surface area contributed by atoms with E-state index in [2.05, 4.69) is 15.3 Å². The van der Waals surface area contributed by atoms with Gasteiger partial charge >= 0.3 is 0 Å². The van der Waals surface area contributed by atoms with E-state index in [4.69, 9.17) is 14.2 Å². The van der Waals surface area contributed by atoms with Gasteiger partial charge in [0.05, 0.1) is 32.6 Å². The molecule has 0 amide bonds. The second-order valence-electron chi connectivity index (χ2n) is 7.17. The highest BCUT2D eigenvalue weighted by Crippen LogP contribution is 2.42. The molecule has 0 spiro atoms. The van der Waals surface area contributed by atoms with Crippen LogP contribution < -0.4 is 19.5 Å². The smallest absolute Gasteiger partial charge is 0.227 e. The Morgan fingerprint density at radius 3 is 2.29 bits per heavy atom. The minimum atomic E-state index is -0.323. The lowest BCUT2D eigenvalue weighted by Crippen LogP contribution is -2.21. The number of methoxy groups -OCH3 is 3. The molecule has 0 bridgehead atoms. The first-order valence-electron chi connectivity index (χ1n) is 9.74. The molecule has 1 N–H and O–H groups in total. The molecular weight excluding hydrogens is 401 g/mol. The number of aromatic nitrogens is 2. The Morgan fingerprint density at radius 2 is 1.68 bits per heavy atom. The van der Waals surface area contributed by atoms with Gasteiger partial charge in [0.15, 0.2) is 17.3 Å². The SMILES string of the molecule is COc1cc(C2CC(=O)c3cnc(Nc4ccc(F)cc4)nc3C2)cc(OC)c1OC. The lowest BCUT2D eigenvalue weighted by atomic mass is 9.82. The molecule has 1 unspecified atom stereocenters. The number of carbonyl (C=O) groups is 1. The number of ether oxygens (including phenoxy) is 3. The predicted octanol–water partition coefficient (Wildman–Crippen LogP) is 4.30. The highest BCUT2D eigenvalue weighted by Gasteiger charge is 2.29. The average Bonchev–Trinajstić information content (AvgIpc) is 2.79.